The summed E-state index contributed by atoms with van der Waals surface area (Å²) in [5.41, 5.74) is 0. The van der Waals surface area contributed by atoms with Gasteiger partial charge >= 0.3 is 0 Å². The van der Waals surface area contributed by atoms with E-state index in [9.17, 15) is 0 Å². The van der Waals surface area contributed by atoms with Gasteiger partial charge in [0.1, 0.15) is 0 Å². The lowest BCUT2D eigenvalue weighted by Crippen LogP contribution is -2.32. The van der Waals surface area contributed by atoms with Crippen molar-refractivity contribution >= 4 is 102 Å². The predicted molar refractivity (Wildman–Crippen MR) is 117 cm³/mol. The Bertz CT molecular complexity index is 444. The van der Waals surface area contributed by atoms with Crippen LogP contribution in [0, 0.1) is 0 Å². The minimum Gasteiger partial charge on any atom is -0.0833 e. The molecule has 0 heterocycles. The largest absolute Gasteiger partial charge is 0.0833 e. The van der Waals surface area contributed by atoms with Crippen LogP contribution >= 0.6 is 73.3 Å². The lowest BCUT2D eigenvalue weighted by atomic mass is 10.0. The molecule has 0 radical (unpaired) electrons. The highest BCUT2D eigenvalue weighted by molar-refractivity contribution is 8.02. The van der Waals surface area contributed by atoms with Crippen LogP contribution in [0.1, 0.15) is 57.8 Å². The lowest BCUT2D eigenvalue weighted by Gasteiger charge is -2.10. The number of hydrogen-bond donors (Lipinski definition) is 0. The van der Waals surface area contributed by atoms with E-state index in [4.69, 9.17) is 73.3 Å². The molecule has 1 saturated carbocycles. The van der Waals surface area contributed by atoms with Crippen molar-refractivity contribution in [1.29, 1.82) is 0 Å². The molecular weight excluding hydrogens is 373 g/mol. The topological polar surface area (TPSA) is 0 Å². The van der Waals surface area contributed by atoms with Crippen LogP contribution in [-0.4, -0.2) is 29.2 Å². The molecule has 1 rings (SSSR count). The first kappa shape index (κ1) is 19.6. The van der Waals surface area contributed by atoms with Crippen LogP contribution < -0.4 is 0 Å². The molecule has 0 aromatic rings. The van der Waals surface area contributed by atoms with Crippen LogP contribution in [-0.2, 0) is 0 Å². The van der Waals surface area contributed by atoms with Gasteiger partial charge in [0.2, 0.25) is 0 Å². The van der Waals surface area contributed by atoms with Gasteiger partial charge in [0.05, 0.1) is 19.5 Å². The van der Waals surface area contributed by atoms with Crippen molar-refractivity contribution in [2.75, 3.05) is 0 Å². The van der Waals surface area contributed by atoms with Gasteiger partial charge in [0.15, 0.2) is 0 Å². The average Bonchev–Trinajstić information content (AvgIpc) is 2.49. The molecule has 0 nitrogen and oxygen atoms in total. The third kappa shape index (κ3) is 6.67. The fraction of sp³-hybridized carbons (Fsp3) is 0.600. The third-order valence-electron chi connectivity index (χ3n) is 3.43. The first-order valence-corrected chi connectivity index (χ1v) is 9.63. The number of rotatable bonds is 0. The third-order valence-corrected chi connectivity index (χ3v) is 6.61. The SMILES string of the molecule is S=C1CCCCCCCCCC(=S)C(=S)C(=S)C(=S)C1=S. The molecule has 0 atom stereocenters. The smallest absolute Gasteiger partial charge is 0.0764 e. The second-order valence-corrected chi connectivity index (χ2v) is 7.76. The van der Waals surface area contributed by atoms with Gasteiger partial charge in [0, 0.05) is 9.73 Å². The van der Waals surface area contributed by atoms with Crippen LogP contribution in [0.3, 0.4) is 0 Å². The Kier molecular flexibility index (Phi) is 9.64. The Morgan fingerprint density at radius 2 is 0.667 bits per heavy atom. The van der Waals surface area contributed by atoms with Crippen molar-refractivity contribution in [1.82, 2.24) is 0 Å². The van der Waals surface area contributed by atoms with Gasteiger partial charge in [0.25, 0.3) is 0 Å². The molecule has 0 unspecified atom stereocenters. The molecule has 114 valence electrons. The maximum absolute atomic E-state index is 5.38. The summed E-state index contributed by atoms with van der Waals surface area (Å²) in [5, 5.41) is 0. The molecule has 6 heteroatoms. The summed E-state index contributed by atoms with van der Waals surface area (Å²) in [6.07, 6.45) is 9.91. The van der Waals surface area contributed by atoms with E-state index in [2.05, 4.69) is 0 Å². The Balaban J connectivity index is 2.80. The molecule has 1 fully saturated rings. The van der Waals surface area contributed by atoms with Crippen molar-refractivity contribution in [2.45, 2.75) is 57.8 Å². The molecular formula is C15H18S6. The van der Waals surface area contributed by atoms with Crippen LogP contribution in [0.5, 0.6) is 0 Å². The van der Waals surface area contributed by atoms with Crippen molar-refractivity contribution in [3.8, 4) is 0 Å². The lowest BCUT2D eigenvalue weighted by molar-refractivity contribution is 0.591. The average molecular weight is 391 g/mol. The predicted octanol–water partition coefficient (Wildman–Crippen LogP) is 5.73. The van der Waals surface area contributed by atoms with E-state index >= 15 is 0 Å². The zero-order chi connectivity index (χ0) is 15.8. The summed E-state index contributed by atoms with van der Waals surface area (Å²) >= 11 is 32.2. The van der Waals surface area contributed by atoms with E-state index in [1.165, 1.54) is 32.1 Å². The summed E-state index contributed by atoms with van der Waals surface area (Å²) in [4.78, 5) is 3.39. The molecule has 0 aromatic carbocycles. The first-order chi connectivity index (χ1) is 9.95. The number of hydrogen-bond acceptors (Lipinski definition) is 6. The van der Waals surface area contributed by atoms with Gasteiger partial charge in [-0.25, -0.2) is 0 Å². The second kappa shape index (κ2) is 10.3. The fourth-order valence-corrected chi connectivity index (χ4v) is 3.75. The Morgan fingerprint density at radius 1 is 0.381 bits per heavy atom. The minimum absolute atomic E-state index is 0.437. The van der Waals surface area contributed by atoms with E-state index in [-0.39, 0.29) is 0 Å². The number of thiocarbonyl (C=S) groups is 6. The van der Waals surface area contributed by atoms with E-state index < -0.39 is 0 Å². The molecule has 1 aliphatic carbocycles. The molecule has 0 amide bonds. The maximum atomic E-state index is 5.38. The van der Waals surface area contributed by atoms with Crippen molar-refractivity contribution in [3.05, 3.63) is 0 Å². The zero-order valence-corrected chi connectivity index (χ0v) is 16.7. The molecule has 0 N–H and O–H groups in total. The van der Waals surface area contributed by atoms with Crippen LogP contribution in [0.25, 0.3) is 0 Å². The van der Waals surface area contributed by atoms with E-state index in [0.29, 0.717) is 19.5 Å². The van der Waals surface area contributed by atoms with E-state index in [0.717, 1.165) is 35.4 Å². The highest BCUT2D eigenvalue weighted by Gasteiger charge is 2.20. The van der Waals surface area contributed by atoms with Crippen molar-refractivity contribution < 1.29 is 0 Å². The molecule has 1 aliphatic rings. The van der Waals surface area contributed by atoms with Crippen molar-refractivity contribution in [2.24, 2.45) is 0 Å². The monoisotopic (exact) mass is 390 g/mol. The van der Waals surface area contributed by atoms with E-state index in [1.807, 2.05) is 0 Å². The van der Waals surface area contributed by atoms with Gasteiger partial charge in [-0.15, -0.1) is 0 Å². The Morgan fingerprint density at radius 3 is 1.00 bits per heavy atom. The van der Waals surface area contributed by atoms with Crippen LogP contribution in [0.15, 0.2) is 0 Å². The van der Waals surface area contributed by atoms with Crippen molar-refractivity contribution in [3.63, 3.8) is 0 Å². The quantitative estimate of drug-likeness (QED) is 0.481. The van der Waals surface area contributed by atoms with Gasteiger partial charge < -0.3 is 0 Å². The standard InChI is InChI=1S/C15H18S6/c16-10-8-6-4-2-1-3-5-7-9-11(17)13(19)15(21)14(20)12(10)18/h1-9H2. The summed E-state index contributed by atoms with van der Waals surface area (Å²) < 4.78 is 0. The minimum atomic E-state index is 0.437. The highest BCUT2D eigenvalue weighted by Crippen LogP contribution is 2.13. The Labute approximate surface area is 159 Å². The van der Waals surface area contributed by atoms with Crippen LogP contribution in [0.4, 0.5) is 0 Å². The molecule has 0 saturated heterocycles. The summed E-state index contributed by atoms with van der Waals surface area (Å²) in [6, 6.07) is 0. The molecule has 0 bridgehead atoms. The summed E-state index contributed by atoms with van der Waals surface area (Å²) in [5.74, 6) is 0. The summed E-state index contributed by atoms with van der Waals surface area (Å²) in [7, 11) is 0. The Hall–Kier alpha value is 0.540. The van der Waals surface area contributed by atoms with Gasteiger partial charge in [-0.05, 0) is 25.7 Å². The summed E-state index contributed by atoms with van der Waals surface area (Å²) in [6.45, 7) is 0. The molecule has 0 aliphatic heterocycles. The van der Waals surface area contributed by atoms with Gasteiger partial charge in [-0.1, -0.05) is 105 Å². The zero-order valence-electron chi connectivity index (χ0n) is 11.8. The highest BCUT2D eigenvalue weighted by atomic mass is 32.1. The van der Waals surface area contributed by atoms with Gasteiger partial charge in [-0.3, -0.25) is 0 Å². The normalized spacial score (nSPS) is 21.1. The fourth-order valence-electron chi connectivity index (χ4n) is 2.14. The molecule has 0 spiro atoms. The first-order valence-electron chi connectivity index (χ1n) is 7.18. The van der Waals surface area contributed by atoms with E-state index in [1.54, 1.807) is 0 Å². The molecule has 21 heavy (non-hydrogen) atoms. The molecule has 0 aromatic heterocycles. The second-order valence-electron chi connectivity index (χ2n) is 5.14. The maximum Gasteiger partial charge on any atom is 0.0764 e. The van der Waals surface area contributed by atoms with Crippen LogP contribution in [0.2, 0.25) is 0 Å². The van der Waals surface area contributed by atoms with Gasteiger partial charge in [-0.2, -0.15) is 0 Å².